The molecule has 0 N–H and O–H groups in total. The third-order valence-electron chi connectivity index (χ3n) is 1.80. The van der Waals surface area contributed by atoms with Gasteiger partial charge in [-0.1, -0.05) is 0 Å². The van der Waals surface area contributed by atoms with Crippen LogP contribution in [0.3, 0.4) is 0 Å². The van der Waals surface area contributed by atoms with Crippen molar-refractivity contribution in [2.75, 3.05) is 6.61 Å². The molecule has 0 aliphatic rings. The van der Waals surface area contributed by atoms with Crippen LogP contribution in [-0.4, -0.2) is 23.9 Å². The van der Waals surface area contributed by atoms with Crippen LogP contribution >= 0.6 is 11.6 Å². The Bertz CT molecular complexity index is 479. The summed E-state index contributed by atoms with van der Waals surface area (Å²) in [4.78, 5) is 14.9. The van der Waals surface area contributed by atoms with Gasteiger partial charge in [-0.15, -0.1) is 24.8 Å². The van der Waals surface area contributed by atoms with Gasteiger partial charge >= 0.3 is 12.3 Å². The van der Waals surface area contributed by atoms with Gasteiger partial charge < -0.3 is 9.47 Å². The summed E-state index contributed by atoms with van der Waals surface area (Å²) in [5.41, 5.74) is -1.02. The van der Waals surface area contributed by atoms with Crippen molar-refractivity contribution in [1.29, 1.82) is 0 Å². The smallest absolute Gasteiger partial charge is 0.461 e. The molecule has 0 radical (unpaired) electrons. The van der Waals surface area contributed by atoms with Crippen molar-refractivity contribution in [3.05, 3.63) is 23.3 Å². The molecule has 0 saturated carbocycles. The number of pyridine rings is 1. The lowest BCUT2D eigenvalue weighted by Crippen LogP contribution is -2.22. The Kier molecular flexibility index (Phi) is 4.93. The van der Waals surface area contributed by atoms with E-state index in [0.717, 1.165) is 0 Å². The Hall–Kier alpha value is -1.57. The lowest BCUT2D eigenvalue weighted by molar-refractivity contribution is -0.275. The van der Waals surface area contributed by atoms with E-state index < -0.39 is 29.6 Å². The third-order valence-corrected chi connectivity index (χ3v) is 2.08. The number of hydrogen-bond donors (Lipinski definition) is 0. The second kappa shape index (κ2) is 6.05. The summed E-state index contributed by atoms with van der Waals surface area (Å²) in [6, 6.07) is 0.650. The Labute approximate surface area is 110 Å². The molecule has 0 bridgehead atoms. The Morgan fingerprint density at radius 1 is 1.47 bits per heavy atom. The molecule has 1 aromatic rings. The van der Waals surface area contributed by atoms with Gasteiger partial charge in [0.05, 0.1) is 18.2 Å². The van der Waals surface area contributed by atoms with E-state index in [9.17, 15) is 22.4 Å². The van der Waals surface area contributed by atoms with Gasteiger partial charge in [-0.3, -0.25) is 0 Å². The predicted octanol–water partition coefficient (Wildman–Crippen LogP) is 3.03. The van der Waals surface area contributed by atoms with Crippen LogP contribution in [0.2, 0.25) is 0 Å². The second-order valence-electron chi connectivity index (χ2n) is 3.18. The van der Waals surface area contributed by atoms with E-state index in [0.29, 0.717) is 6.07 Å². The van der Waals surface area contributed by atoms with Gasteiger partial charge in [0.2, 0.25) is 0 Å². The molecule has 0 unspecified atom stereocenters. The lowest BCUT2D eigenvalue weighted by atomic mass is 10.2. The Balaban J connectivity index is 3.29. The first-order valence-corrected chi connectivity index (χ1v) is 5.50. The standard InChI is InChI=1S/C10H8ClF4NO3/c1-2-18-9(17)7-8(19-10(13,14)15)6(12)3-5(4-11)16-7/h3H,2,4H2,1H3. The van der Waals surface area contributed by atoms with Crippen LogP contribution in [0.15, 0.2) is 6.07 Å². The van der Waals surface area contributed by atoms with E-state index in [1.54, 1.807) is 0 Å². The molecule has 0 fully saturated rings. The number of hydrogen-bond acceptors (Lipinski definition) is 4. The summed E-state index contributed by atoms with van der Waals surface area (Å²) in [6.45, 7) is 1.32. The first kappa shape index (κ1) is 15.5. The van der Waals surface area contributed by atoms with Crippen LogP contribution in [0.25, 0.3) is 0 Å². The minimum Gasteiger partial charge on any atom is -0.461 e. The number of carbonyl (C=O) groups excluding carboxylic acids is 1. The van der Waals surface area contributed by atoms with Gasteiger partial charge in [0, 0.05) is 6.07 Å². The number of esters is 1. The number of alkyl halides is 4. The quantitative estimate of drug-likeness (QED) is 0.487. The summed E-state index contributed by atoms with van der Waals surface area (Å²) in [6.07, 6.45) is -5.16. The van der Waals surface area contributed by atoms with Crippen molar-refractivity contribution in [3.63, 3.8) is 0 Å². The molecule has 0 saturated heterocycles. The average molecular weight is 302 g/mol. The van der Waals surface area contributed by atoms with Gasteiger partial charge in [-0.2, -0.15) is 0 Å². The number of carbonyl (C=O) groups is 1. The zero-order valence-electron chi connectivity index (χ0n) is 9.55. The van der Waals surface area contributed by atoms with E-state index in [2.05, 4.69) is 14.5 Å². The molecule has 0 aliphatic carbocycles. The lowest BCUT2D eigenvalue weighted by Gasteiger charge is -2.13. The number of rotatable bonds is 4. The normalized spacial score (nSPS) is 11.3. The van der Waals surface area contributed by atoms with Gasteiger partial charge in [0.1, 0.15) is 0 Å². The topological polar surface area (TPSA) is 48.4 Å². The zero-order valence-corrected chi connectivity index (χ0v) is 10.3. The SMILES string of the molecule is CCOC(=O)c1nc(CCl)cc(F)c1OC(F)(F)F. The van der Waals surface area contributed by atoms with E-state index >= 15 is 0 Å². The number of nitrogens with zero attached hydrogens (tertiary/aromatic N) is 1. The predicted molar refractivity (Wildman–Crippen MR) is 56.4 cm³/mol. The van der Waals surface area contributed by atoms with Gasteiger partial charge in [-0.25, -0.2) is 14.2 Å². The molecule has 9 heteroatoms. The van der Waals surface area contributed by atoms with Gasteiger partial charge in [-0.05, 0) is 6.92 Å². The van der Waals surface area contributed by atoms with Crippen molar-refractivity contribution in [3.8, 4) is 5.75 Å². The van der Waals surface area contributed by atoms with Crippen molar-refractivity contribution in [2.24, 2.45) is 0 Å². The molecule has 4 nitrogen and oxygen atoms in total. The maximum atomic E-state index is 13.5. The van der Waals surface area contributed by atoms with Crippen molar-refractivity contribution in [2.45, 2.75) is 19.2 Å². The van der Waals surface area contributed by atoms with Crippen LogP contribution in [0.1, 0.15) is 23.1 Å². The van der Waals surface area contributed by atoms with Crippen molar-refractivity contribution < 1.29 is 31.8 Å². The zero-order chi connectivity index (χ0) is 14.6. The molecule has 0 aromatic carbocycles. The van der Waals surface area contributed by atoms with E-state index in [-0.39, 0.29) is 18.2 Å². The summed E-state index contributed by atoms with van der Waals surface area (Å²) in [5, 5.41) is 0. The number of aromatic nitrogens is 1. The summed E-state index contributed by atoms with van der Waals surface area (Å²) in [5.74, 6) is -4.24. The maximum absolute atomic E-state index is 13.5. The molecular weight excluding hydrogens is 294 g/mol. The van der Waals surface area contributed by atoms with Crippen molar-refractivity contribution in [1.82, 2.24) is 4.98 Å². The first-order chi connectivity index (χ1) is 8.78. The fourth-order valence-corrected chi connectivity index (χ4v) is 1.31. The molecule has 1 aromatic heterocycles. The number of ether oxygens (including phenoxy) is 2. The minimum absolute atomic E-state index is 0.112. The molecule has 1 heterocycles. The molecule has 0 atom stereocenters. The van der Waals surface area contributed by atoms with Crippen molar-refractivity contribution >= 4 is 17.6 Å². The highest BCUT2D eigenvalue weighted by atomic mass is 35.5. The maximum Gasteiger partial charge on any atom is 0.573 e. The minimum atomic E-state index is -5.16. The molecule has 0 spiro atoms. The Morgan fingerprint density at radius 3 is 2.58 bits per heavy atom. The summed E-state index contributed by atoms with van der Waals surface area (Å²) < 4.78 is 57.8. The molecular formula is C10H8ClF4NO3. The number of halogens is 5. The van der Waals surface area contributed by atoms with Crippen LogP contribution < -0.4 is 4.74 Å². The van der Waals surface area contributed by atoms with Crippen LogP contribution in [-0.2, 0) is 10.6 Å². The molecule has 0 amide bonds. The molecule has 0 aliphatic heterocycles. The average Bonchev–Trinajstić information content (AvgIpc) is 2.30. The monoisotopic (exact) mass is 301 g/mol. The molecule has 19 heavy (non-hydrogen) atoms. The summed E-state index contributed by atoms with van der Waals surface area (Å²) in [7, 11) is 0. The van der Waals surface area contributed by atoms with Gasteiger partial charge in [0.25, 0.3) is 0 Å². The largest absolute Gasteiger partial charge is 0.573 e. The van der Waals surface area contributed by atoms with E-state index in [1.807, 2.05) is 0 Å². The molecule has 1 rings (SSSR count). The van der Waals surface area contributed by atoms with E-state index in [1.165, 1.54) is 6.92 Å². The fraction of sp³-hybridized carbons (Fsp3) is 0.400. The van der Waals surface area contributed by atoms with Crippen LogP contribution in [0.4, 0.5) is 17.6 Å². The Morgan fingerprint density at radius 2 is 2.11 bits per heavy atom. The van der Waals surface area contributed by atoms with Crippen LogP contribution in [0.5, 0.6) is 5.75 Å². The fourth-order valence-electron chi connectivity index (χ4n) is 1.17. The highest BCUT2D eigenvalue weighted by Crippen LogP contribution is 2.29. The molecule has 106 valence electrons. The highest BCUT2D eigenvalue weighted by molar-refractivity contribution is 6.16. The highest BCUT2D eigenvalue weighted by Gasteiger charge is 2.36. The first-order valence-electron chi connectivity index (χ1n) is 4.96. The van der Waals surface area contributed by atoms with Crippen LogP contribution in [0, 0.1) is 5.82 Å². The van der Waals surface area contributed by atoms with E-state index in [4.69, 9.17) is 11.6 Å². The summed E-state index contributed by atoms with van der Waals surface area (Å²) >= 11 is 5.39. The van der Waals surface area contributed by atoms with Gasteiger partial charge in [0.15, 0.2) is 17.3 Å². The second-order valence-corrected chi connectivity index (χ2v) is 3.44. The third kappa shape index (κ3) is 4.23.